The van der Waals surface area contributed by atoms with Crippen LogP contribution in [0.2, 0.25) is 0 Å². The predicted molar refractivity (Wildman–Crippen MR) is 81.6 cm³/mol. The highest BCUT2D eigenvalue weighted by molar-refractivity contribution is 5.55. The van der Waals surface area contributed by atoms with Crippen molar-refractivity contribution >= 4 is 5.69 Å². The van der Waals surface area contributed by atoms with Crippen LogP contribution in [0.5, 0.6) is 0 Å². The molecule has 104 valence electrons. The van der Waals surface area contributed by atoms with Crippen LogP contribution in [-0.4, -0.2) is 0 Å². The lowest BCUT2D eigenvalue weighted by Crippen LogP contribution is -2.09. The number of hydrogen-bond donors (Lipinski definition) is 1. The van der Waals surface area contributed by atoms with Crippen LogP contribution in [0.15, 0.2) is 42.5 Å². The van der Waals surface area contributed by atoms with Crippen molar-refractivity contribution in [2.24, 2.45) is 0 Å². The Morgan fingerprint density at radius 3 is 2.75 bits per heavy atom. The molecule has 1 nitrogen and oxygen atoms in total. The van der Waals surface area contributed by atoms with Crippen molar-refractivity contribution in [3.05, 3.63) is 65.0 Å². The number of rotatable bonds is 3. The van der Waals surface area contributed by atoms with Crippen LogP contribution in [-0.2, 0) is 6.42 Å². The van der Waals surface area contributed by atoms with Gasteiger partial charge in [-0.1, -0.05) is 38.1 Å². The number of fused-ring (bicyclic) bond motifs is 1. The molecule has 1 unspecified atom stereocenters. The Kier molecular flexibility index (Phi) is 3.47. The Hall–Kier alpha value is -1.83. The Morgan fingerprint density at radius 1 is 1.15 bits per heavy atom. The second kappa shape index (κ2) is 5.28. The number of halogens is 1. The van der Waals surface area contributed by atoms with Gasteiger partial charge in [-0.3, -0.25) is 0 Å². The number of aryl methyl sites for hydroxylation is 1. The lowest BCUT2D eigenvalue weighted by molar-refractivity contribution is 0.626. The van der Waals surface area contributed by atoms with Crippen molar-refractivity contribution in [2.45, 2.75) is 38.6 Å². The van der Waals surface area contributed by atoms with E-state index in [1.807, 2.05) is 6.07 Å². The highest BCUT2D eigenvalue weighted by Crippen LogP contribution is 2.36. The predicted octanol–water partition coefficient (Wildman–Crippen LogP) is 5.05. The molecule has 2 heteroatoms. The molecule has 0 saturated heterocycles. The highest BCUT2D eigenvalue weighted by atomic mass is 19.1. The van der Waals surface area contributed by atoms with Gasteiger partial charge in [-0.05, 0) is 53.6 Å². The van der Waals surface area contributed by atoms with Gasteiger partial charge in [-0.15, -0.1) is 0 Å². The van der Waals surface area contributed by atoms with Gasteiger partial charge < -0.3 is 5.32 Å². The first kappa shape index (κ1) is 13.2. The zero-order chi connectivity index (χ0) is 14.1. The summed E-state index contributed by atoms with van der Waals surface area (Å²) in [6, 6.07) is 13.9. The molecule has 2 aromatic rings. The van der Waals surface area contributed by atoms with E-state index in [-0.39, 0.29) is 5.82 Å². The third-order valence-corrected chi connectivity index (χ3v) is 4.10. The second-order valence-corrected chi connectivity index (χ2v) is 5.82. The van der Waals surface area contributed by atoms with Gasteiger partial charge in [0.25, 0.3) is 0 Å². The van der Waals surface area contributed by atoms with Gasteiger partial charge in [0, 0.05) is 5.69 Å². The van der Waals surface area contributed by atoms with Crippen molar-refractivity contribution < 1.29 is 4.39 Å². The average Bonchev–Trinajstić information content (AvgIpc) is 2.81. The molecule has 3 rings (SSSR count). The van der Waals surface area contributed by atoms with E-state index in [0.717, 1.165) is 18.4 Å². The largest absolute Gasteiger partial charge is 0.378 e. The van der Waals surface area contributed by atoms with Gasteiger partial charge in [-0.2, -0.15) is 0 Å². The fraction of sp³-hybridized carbons (Fsp3) is 0.333. The first-order chi connectivity index (χ1) is 9.65. The molecule has 1 aliphatic carbocycles. The van der Waals surface area contributed by atoms with Crippen molar-refractivity contribution in [1.29, 1.82) is 0 Å². The topological polar surface area (TPSA) is 12.0 Å². The van der Waals surface area contributed by atoms with Crippen LogP contribution in [0.3, 0.4) is 0 Å². The summed E-state index contributed by atoms with van der Waals surface area (Å²) < 4.78 is 13.3. The molecular weight excluding hydrogens is 249 g/mol. The number of anilines is 1. The van der Waals surface area contributed by atoms with Crippen LogP contribution in [0, 0.1) is 5.82 Å². The van der Waals surface area contributed by atoms with Crippen molar-refractivity contribution in [2.75, 3.05) is 5.32 Å². The number of hydrogen-bond acceptors (Lipinski definition) is 1. The lowest BCUT2D eigenvalue weighted by atomic mass is 10.00. The molecule has 0 fully saturated rings. The molecule has 0 aromatic heterocycles. The maximum atomic E-state index is 13.3. The standard InChI is InChI=1S/C18H20FN/c1-12(2)15-5-3-4-6-17(15)20-18-10-7-13-11-14(19)8-9-16(13)18/h3-6,8-9,11-12,18,20H,7,10H2,1-2H3. The molecule has 0 bridgehead atoms. The zero-order valence-corrected chi connectivity index (χ0v) is 12.0. The average molecular weight is 269 g/mol. The first-order valence-electron chi connectivity index (χ1n) is 7.29. The summed E-state index contributed by atoms with van der Waals surface area (Å²) in [6.45, 7) is 4.41. The molecule has 0 aliphatic heterocycles. The maximum Gasteiger partial charge on any atom is 0.123 e. The van der Waals surface area contributed by atoms with Crippen LogP contribution >= 0.6 is 0 Å². The molecule has 0 radical (unpaired) electrons. The van der Waals surface area contributed by atoms with Crippen molar-refractivity contribution in [3.63, 3.8) is 0 Å². The van der Waals surface area contributed by atoms with Crippen molar-refractivity contribution in [1.82, 2.24) is 0 Å². The Labute approximate surface area is 119 Å². The van der Waals surface area contributed by atoms with Gasteiger partial charge in [0.2, 0.25) is 0 Å². The summed E-state index contributed by atoms with van der Waals surface area (Å²) in [5.41, 5.74) is 4.92. The minimum Gasteiger partial charge on any atom is -0.378 e. The monoisotopic (exact) mass is 269 g/mol. The molecular formula is C18H20FN. The highest BCUT2D eigenvalue weighted by Gasteiger charge is 2.23. The minimum absolute atomic E-state index is 0.132. The first-order valence-corrected chi connectivity index (χ1v) is 7.29. The number of nitrogens with one attached hydrogen (secondary N) is 1. The van der Waals surface area contributed by atoms with E-state index in [1.54, 1.807) is 12.1 Å². The maximum absolute atomic E-state index is 13.3. The van der Waals surface area contributed by atoms with Crippen LogP contribution < -0.4 is 5.32 Å². The molecule has 0 heterocycles. The Morgan fingerprint density at radius 2 is 1.95 bits per heavy atom. The summed E-state index contributed by atoms with van der Waals surface area (Å²) in [7, 11) is 0. The van der Waals surface area contributed by atoms with Crippen molar-refractivity contribution in [3.8, 4) is 0 Å². The van der Waals surface area contributed by atoms with Gasteiger partial charge in [0.15, 0.2) is 0 Å². The number of benzene rings is 2. The van der Waals surface area contributed by atoms with Gasteiger partial charge in [-0.25, -0.2) is 4.39 Å². The zero-order valence-electron chi connectivity index (χ0n) is 12.0. The molecule has 0 spiro atoms. The van der Waals surface area contributed by atoms with Gasteiger partial charge in [0.05, 0.1) is 6.04 Å². The fourth-order valence-corrected chi connectivity index (χ4v) is 3.06. The van der Waals surface area contributed by atoms with Crippen LogP contribution in [0.25, 0.3) is 0 Å². The smallest absolute Gasteiger partial charge is 0.123 e. The van der Waals surface area contributed by atoms with E-state index >= 15 is 0 Å². The summed E-state index contributed by atoms with van der Waals surface area (Å²) >= 11 is 0. The van der Waals surface area contributed by atoms with Crippen LogP contribution in [0.4, 0.5) is 10.1 Å². The SMILES string of the molecule is CC(C)c1ccccc1NC1CCc2cc(F)ccc21. The van der Waals surface area contributed by atoms with Gasteiger partial charge >= 0.3 is 0 Å². The Balaban J connectivity index is 1.88. The third kappa shape index (κ3) is 2.43. The lowest BCUT2D eigenvalue weighted by Gasteiger charge is -2.20. The van der Waals surface area contributed by atoms with E-state index in [9.17, 15) is 4.39 Å². The van der Waals surface area contributed by atoms with Gasteiger partial charge in [0.1, 0.15) is 5.82 Å². The molecule has 1 atom stereocenters. The van der Waals surface area contributed by atoms with E-state index in [0.29, 0.717) is 12.0 Å². The summed E-state index contributed by atoms with van der Waals surface area (Å²) in [5.74, 6) is 0.361. The minimum atomic E-state index is -0.132. The summed E-state index contributed by atoms with van der Waals surface area (Å²) in [6.07, 6.45) is 1.99. The van der Waals surface area contributed by atoms with E-state index in [1.165, 1.54) is 16.8 Å². The molecule has 0 amide bonds. The molecule has 1 aliphatic rings. The molecule has 2 aromatic carbocycles. The molecule has 1 N–H and O–H groups in total. The van der Waals surface area contributed by atoms with E-state index in [2.05, 4.69) is 43.4 Å². The quantitative estimate of drug-likeness (QED) is 0.822. The fourth-order valence-electron chi connectivity index (χ4n) is 3.06. The Bertz CT molecular complexity index is 619. The molecule has 0 saturated carbocycles. The normalized spacial score (nSPS) is 17.3. The third-order valence-electron chi connectivity index (χ3n) is 4.10. The number of para-hydroxylation sites is 1. The summed E-state index contributed by atoms with van der Waals surface area (Å²) in [5, 5.41) is 3.64. The van der Waals surface area contributed by atoms with Crippen LogP contribution in [0.1, 0.15) is 48.9 Å². The van der Waals surface area contributed by atoms with E-state index < -0.39 is 0 Å². The summed E-state index contributed by atoms with van der Waals surface area (Å²) in [4.78, 5) is 0. The second-order valence-electron chi connectivity index (χ2n) is 5.82. The molecule has 20 heavy (non-hydrogen) atoms. The van der Waals surface area contributed by atoms with E-state index in [4.69, 9.17) is 0 Å².